The van der Waals surface area contributed by atoms with E-state index in [1.165, 1.54) is 37.3 Å². The average molecular weight is 677 g/mol. The first-order valence-electron chi connectivity index (χ1n) is 14.8. The number of carbonyl (C=O) groups is 2. The molecule has 4 rings (SSSR count). The van der Waals surface area contributed by atoms with Gasteiger partial charge >= 0.3 is 0 Å². The van der Waals surface area contributed by atoms with Crippen LogP contribution in [0.5, 0.6) is 11.5 Å². The lowest BCUT2D eigenvalue weighted by Gasteiger charge is -2.34. The fourth-order valence-electron chi connectivity index (χ4n) is 5.46. The number of ether oxygens (including phenoxy) is 2. The average Bonchev–Trinajstić information content (AvgIpc) is 3.54. The number of nitrogens with one attached hydrogen (secondary N) is 1. The van der Waals surface area contributed by atoms with Gasteiger partial charge in [-0.3, -0.25) is 13.9 Å². The first kappa shape index (κ1) is 34.4. The summed E-state index contributed by atoms with van der Waals surface area (Å²) >= 11 is 12.5. The molecule has 0 radical (unpaired) electrons. The number of hydrogen-bond donors (Lipinski definition) is 1. The number of nitrogens with zero attached hydrogens (tertiary/aromatic N) is 2. The molecule has 1 N–H and O–H groups in total. The van der Waals surface area contributed by atoms with Crippen molar-refractivity contribution in [3.05, 3.63) is 81.8 Å². The van der Waals surface area contributed by atoms with E-state index < -0.39 is 28.5 Å². The zero-order valence-corrected chi connectivity index (χ0v) is 28.2. The first-order valence-corrected chi connectivity index (χ1v) is 17.0. The number of carbonyl (C=O) groups excluding carboxylic acids is 2. The molecule has 0 heterocycles. The van der Waals surface area contributed by atoms with E-state index >= 15 is 0 Å². The van der Waals surface area contributed by atoms with Gasteiger partial charge in [-0.05, 0) is 68.1 Å². The minimum Gasteiger partial charge on any atom is -0.497 e. The van der Waals surface area contributed by atoms with Crippen LogP contribution in [0.4, 0.5) is 5.69 Å². The maximum atomic E-state index is 14.4. The molecule has 1 aliphatic rings. The van der Waals surface area contributed by atoms with Crippen molar-refractivity contribution in [3.8, 4) is 11.5 Å². The summed E-state index contributed by atoms with van der Waals surface area (Å²) in [5.74, 6) is -0.279. The van der Waals surface area contributed by atoms with E-state index in [2.05, 4.69) is 5.32 Å². The summed E-state index contributed by atoms with van der Waals surface area (Å²) in [4.78, 5) is 29.5. The predicted molar refractivity (Wildman–Crippen MR) is 177 cm³/mol. The van der Waals surface area contributed by atoms with Crippen LogP contribution in [0.1, 0.15) is 50.2 Å². The highest BCUT2D eigenvalue weighted by atomic mass is 35.5. The molecule has 3 aromatic carbocycles. The van der Waals surface area contributed by atoms with Crippen molar-refractivity contribution in [2.24, 2.45) is 0 Å². The van der Waals surface area contributed by atoms with Crippen LogP contribution in [0.15, 0.2) is 65.6 Å². The van der Waals surface area contributed by atoms with Crippen molar-refractivity contribution in [1.82, 2.24) is 10.2 Å². The number of sulfonamides is 1. The van der Waals surface area contributed by atoms with Crippen molar-refractivity contribution in [2.45, 2.75) is 69.5 Å². The van der Waals surface area contributed by atoms with E-state index in [1.807, 2.05) is 13.8 Å². The third kappa shape index (κ3) is 8.23. The molecule has 0 bridgehead atoms. The van der Waals surface area contributed by atoms with Gasteiger partial charge in [0.1, 0.15) is 24.1 Å². The van der Waals surface area contributed by atoms with E-state index in [0.29, 0.717) is 27.8 Å². The Labute approximate surface area is 275 Å². The van der Waals surface area contributed by atoms with Crippen molar-refractivity contribution in [1.29, 1.82) is 0 Å². The molecule has 0 saturated heterocycles. The molecule has 1 aliphatic carbocycles. The van der Waals surface area contributed by atoms with Crippen LogP contribution in [0.25, 0.3) is 0 Å². The lowest BCUT2D eigenvalue weighted by molar-refractivity contribution is -0.140. The summed E-state index contributed by atoms with van der Waals surface area (Å²) in [7, 11) is -1.42. The minimum absolute atomic E-state index is 0.0000193. The van der Waals surface area contributed by atoms with Crippen LogP contribution in [0.3, 0.4) is 0 Å². The smallest absolute Gasteiger partial charge is 0.264 e. The monoisotopic (exact) mass is 675 g/mol. The fraction of sp³-hybridized carbons (Fsp3) is 0.394. The molecule has 1 unspecified atom stereocenters. The summed E-state index contributed by atoms with van der Waals surface area (Å²) in [6.07, 6.45) is 4.12. The van der Waals surface area contributed by atoms with Gasteiger partial charge in [0.2, 0.25) is 11.8 Å². The normalized spacial score (nSPS) is 14.1. The van der Waals surface area contributed by atoms with E-state index in [0.717, 1.165) is 35.6 Å². The Hall–Kier alpha value is -3.47. The topological polar surface area (TPSA) is 105 Å². The molecule has 0 aliphatic heterocycles. The number of hydrogen-bond acceptors (Lipinski definition) is 6. The molecule has 2 amide bonds. The number of anilines is 1. The van der Waals surface area contributed by atoms with Crippen LogP contribution in [-0.2, 0) is 26.2 Å². The molecule has 45 heavy (non-hydrogen) atoms. The molecule has 0 spiro atoms. The van der Waals surface area contributed by atoms with Crippen LogP contribution in [0.2, 0.25) is 10.0 Å². The summed E-state index contributed by atoms with van der Waals surface area (Å²) in [5.41, 5.74) is 1.63. The summed E-state index contributed by atoms with van der Waals surface area (Å²) in [6, 6.07) is 15.2. The van der Waals surface area contributed by atoms with Gasteiger partial charge in [-0.25, -0.2) is 8.42 Å². The first-order chi connectivity index (χ1) is 21.5. The summed E-state index contributed by atoms with van der Waals surface area (Å²) in [5, 5.41) is 3.76. The van der Waals surface area contributed by atoms with Gasteiger partial charge in [0.15, 0.2) is 0 Å². The Balaban J connectivity index is 1.79. The Morgan fingerprint density at radius 2 is 1.64 bits per heavy atom. The van der Waals surface area contributed by atoms with Gasteiger partial charge in [-0.1, -0.05) is 66.7 Å². The highest BCUT2D eigenvalue weighted by Gasteiger charge is 2.35. The van der Waals surface area contributed by atoms with Crippen molar-refractivity contribution in [2.75, 3.05) is 25.1 Å². The number of benzene rings is 3. The molecule has 9 nitrogen and oxygen atoms in total. The second-order valence-corrected chi connectivity index (χ2v) is 13.7. The zero-order chi connectivity index (χ0) is 32.7. The second kappa shape index (κ2) is 15.2. The van der Waals surface area contributed by atoms with Gasteiger partial charge < -0.3 is 19.7 Å². The summed E-state index contributed by atoms with van der Waals surface area (Å²) in [6.45, 7) is 3.05. The molecule has 1 saturated carbocycles. The predicted octanol–water partition coefficient (Wildman–Crippen LogP) is 6.38. The Morgan fingerprint density at radius 3 is 2.24 bits per heavy atom. The molecular weight excluding hydrogens is 637 g/mol. The van der Waals surface area contributed by atoms with Crippen molar-refractivity contribution in [3.63, 3.8) is 0 Å². The standard InChI is InChI=1S/C33H39Cl2N3O6S/c1-5-29(33(40)36-24-8-6-7-9-24)37(20-23-12-16-27(34)28(35)18-23)32(39)21-38(30-19-25(43-3)13-17-31(30)44-4)45(41,42)26-14-10-22(2)11-15-26/h10-19,24,29H,5-9,20-21H2,1-4H3,(H,36,40). The fourth-order valence-corrected chi connectivity index (χ4v) is 7.20. The molecule has 3 aromatic rings. The highest BCUT2D eigenvalue weighted by molar-refractivity contribution is 7.92. The van der Waals surface area contributed by atoms with Gasteiger partial charge in [0.05, 0.1) is 34.8 Å². The van der Waals surface area contributed by atoms with Crippen molar-refractivity contribution < 1.29 is 27.5 Å². The third-order valence-corrected chi connectivity index (χ3v) is 10.5. The van der Waals surface area contributed by atoms with Crippen LogP contribution in [0, 0.1) is 6.92 Å². The van der Waals surface area contributed by atoms with Crippen LogP contribution < -0.4 is 19.1 Å². The Morgan fingerprint density at radius 1 is 0.956 bits per heavy atom. The van der Waals surface area contributed by atoms with Gasteiger partial charge in [0, 0.05) is 18.7 Å². The van der Waals surface area contributed by atoms with Crippen LogP contribution in [-0.4, -0.2) is 58.0 Å². The van der Waals surface area contributed by atoms with Gasteiger partial charge in [0.25, 0.3) is 10.0 Å². The number of amides is 2. The zero-order valence-electron chi connectivity index (χ0n) is 25.9. The number of rotatable bonds is 13. The second-order valence-electron chi connectivity index (χ2n) is 11.0. The van der Waals surface area contributed by atoms with E-state index in [-0.39, 0.29) is 34.8 Å². The lowest BCUT2D eigenvalue weighted by atomic mass is 10.1. The Bertz CT molecular complexity index is 1610. The van der Waals surface area contributed by atoms with E-state index in [9.17, 15) is 18.0 Å². The molecule has 1 atom stereocenters. The quantitative estimate of drug-likeness (QED) is 0.225. The van der Waals surface area contributed by atoms with E-state index in [4.69, 9.17) is 32.7 Å². The van der Waals surface area contributed by atoms with Crippen LogP contribution >= 0.6 is 23.2 Å². The SMILES string of the molecule is CCC(C(=O)NC1CCCC1)N(Cc1ccc(Cl)c(Cl)c1)C(=O)CN(c1cc(OC)ccc1OC)S(=O)(=O)c1ccc(C)cc1. The third-order valence-electron chi connectivity index (χ3n) is 7.97. The minimum atomic E-state index is -4.30. The van der Waals surface area contributed by atoms with Gasteiger partial charge in [-0.2, -0.15) is 0 Å². The number of methoxy groups -OCH3 is 2. The number of halogens is 2. The van der Waals surface area contributed by atoms with E-state index in [1.54, 1.807) is 42.5 Å². The lowest BCUT2D eigenvalue weighted by Crippen LogP contribution is -2.53. The molecule has 1 fully saturated rings. The maximum Gasteiger partial charge on any atom is 0.264 e. The van der Waals surface area contributed by atoms with Gasteiger partial charge in [-0.15, -0.1) is 0 Å². The van der Waals surface area contributed by atoms with Crippen molar-refractivity contribution >= 4 is 50.7 Å². The largest absolute Gasteiger partial charge is 0.497 e. The highest BCUT2D eigenvalue weighted by Crippen LogP contribution is 2.36. The molecular formula is C33H39Cl2N3O6S. The maximum absolute atomic E-state index is 14.4. The summed E-state index contributed by atoms with van der Waals surface area (Å²) < 4.78 is 40.5. The molecule has 242 valence electrons. The Kier molecular flexibility index (Phi) is 11.6. The molecule has 0 aromatic heterocycles. The molecule has 12 heteroatoms. The number of aryl methyl sites for hydroxylation is 1.